The Morgan fingerprint density at radius 1 is 0.966 bits per heavy atom. The van der Waals surface area contributed by atoms with Crippen molar-refractivity contribution in [2.75, 3.05) is 60.9 Å². The van der Waals surface area contributed by atoms with Crippen LogP contribution in [0.2, 0.25) is 0 Å². The van der Waals surface area contributed by atoms with Gasteiger partial charge < -0.3 is 29.8 Å². The molecule has 0 saturated carbocycles. The molecule has 14 nitrogen and oxygen atoms in total. The third-order valence-electron chi connectivity index (χ3n) is 11.4. The Hall–Kier alpha value is -5.85. The number of benzene rings is 2. The number of fused-ring (bicyclic) bond motifs is 2. The van der Waals surface area contributed by atoms with Crippen LogP contribution in [0.25, 0.3) is 11.0 Å². The first-order valence-electron chi connectivity index (χ1n) is 19.1. The molecule has 3 fully saturated rings. The lowest BCUT2D eigenvalue weighted by atomic mass is 9.96. The summed E-state index contributed by atoms with van der Waals surface area (Å²) in [5.74, 6) is -2.95. The number of furan rings is 1. The molecule has 6 heterocycles. The van der Waals surface area contributed by atoms with Crippen molar-refractivity contribution in [2.45, 2.75) is 57.4 Å². The third-order valence-corrected chi connectivity index (χ3v) is 11.4. The minimum Gasteiger partial charge on any atom is -0.455 e. The van der Waals surface area contributed by atoms with Crippen LogP contribution in [0.4, 0.5) is 44.1 Å². The number of rotatable bonds is 8. The van der Waals surface area contributed by atoms with Crippen LogP contribution in [-0.2, 0) is 16.1 Å². The number of piperazine rings is 1. The predicted octanol–water partition coefficient (Wildman–Crippen LogP) is 5.03. The van der Waals surface area contributed by atoms with Gasteiger partial charge in [0.25, 0.3) is 5.91 Å². The Labute approximate surface area is 328 Å². The van der Waals surface area contributed by atoms with Crippen LogP contribution >= 0.6 is 0 Å². The molecule has 4 aliphatic rings. The highest BCUT2D eigenvalue weighted by Crippen LogP contribution is 2.39. The van der Waals surface area contributed by atoms with Crippen LogP contribution in [0.5, 0.6) is 0 Å². The Morgan fingerprint density at radius 2 is 1.69 bits per heavy atom. The normalized spacial score (nSPS) is 20.1. The second-order valence-electron chi connectivity index (χ2n) is 15.2. The summed E-state index contributed by atoms with van der Waals surface area (Å²) in [5.41, 5.74) is 1.85. The number of hydrogen-bond acceptors (Lipinski definition) is 10. The van der Waals surface area contributed by atoms with E-state index in [9.17, 15) is 41.1 Å². The van der Waals surface area contributed by atoms with Gasteiger partial charge in [-0.25, -0.2) is 23.5 Å². The number of urea groups is 1. The van der Waals surface area contributed by atoms with E-state index in [1.54, 1.807) is 4.90 Å². The number of hydrogen-bond donors (Lipinski definition) is 3. The zero-order valence-corrected chi connectivity index (χ0v) is 31.4. The molecule has 0 aliphatic carbocycles. The molecule has 8 rings (SSSR count). The summed E-state index contributed by atoms with van der Waals surface area (Å²) >= 11 is 0. The highest BCUT2D eigenvalue weighted by Gasteiger charge is 2.46. The molecular weight excluding hydrogens is 769 g/mol. The summed E-state index contributed by atoms with van der Waals surface area (Å²) in [4.78, 5) is 66.8. The molecule has 0 radical (unpaired) electrons. The smallest absolute Gasteiger partial charge is 0.416 e. The first-order valence-corrected chi connectivity index (χ1v) is 19.1. The van der Waals surface area contributed by atoms with Crippen molar-refractivity contribution < 1.29 is 45.5 Å². The first kappa shape index (κ1) is 39.0. The van der Waals surface area contributed by atoms with E-state index >= 15 is 0 Å². The summed E-state index contributed by atoms with van der Waals surface area (Å²) in [7, 11) is 0. The molecule has 2 aromatic heterocycles. The van der Waals surface area contributed by atoms with Gasteiger partial charge in [0.1, 0.15) is 17.6 Å². The summed E-state index contributed by atoms with van der Waals surface area (Å²) < 4.78 is 75.4. The van der Waals surface area contributed by atoms with E-state index in [2.05, 4.69) is 30.4 Å². The summed E-state index contributed by atoms with van der Waals surface area (Å²) in [5, 5.41) is 6.28. The van der Waals surface area contributed by atoms with Gasteiger partial charge >= 0.3 is 12.2 Å². The van der Waals surface area contributed by atoms with Crippen molar-refractivity contribution in [1.29, 1.82) is 0 Å². The molecule has 1 unspecified atom stereocenters. The molecule has 3 saturated heterocycles. The van der Waals surface area contributed by atoms with E-state index in [1.165, 1.54) is 19.3 Å². The van der Waals surface area contributed by atoms with Crippen molar-refractivity contribution in [3.63, 3.8) is 0 Å². The van der Waals surface area contributed by atoms with Crippen LogP contribution in [0.3, 0.4) is 0 Å². The van der Waals surface area contributed by atoms with Gasteiger partial charge in [-0.15, -0.1) is 0 Å². The predicted molar refractivity (Wildman–Crippen MR) is 200 cm³/mol. The maximum Gasteiger partial charge on any atom is 0.416 e. The fraction of sp³-hybridized carbons (Fsp3) is 0.436. The number of nitrogens with zero attached hydrogens (tertiary/aromatic N) is 6. The standard InChI is InChI=1S/C39H40F5N9O5/c1-21-28-15-24(40)16-29(41)33(28)58-32(21)34(39(42,43)44)49-38(57)47-25-17-45-37(46-18-25)52-8-6-22(7-9-52)19-50-10-12-51(13-11-50)26-2-3-27-23(14-26)20-53(36(27)56)30-4-5-31(54)48-35(30)55/h2-3,14-18,22,30,34H,4-13,19-20H2,1H3,(H2,47,49,57)(H,48,54,55)/t30?,34-/m1/s1. The Kier molecular flexibility index (Phi) is 10.4. The molecule has 4 aliphatic heterocycles. The number of aryl methyl sites for hydroxylation is 1. The van der Waals surface area contributed by atoms with Crippen molar-refractivity contribution in [2.24, 2.45) is 5.92 Å². The van der Waals surface area contributed by atoms with E-state index in [0.717, 1.165) is 62.9 Å². The molecular formula is C39H40F5N9O5. The fourth-order valence-corrected chi connectivity index (χ4v) is 8.31. The van der Waals surface area contributed by atoms with Crippen molar-refractivity contribution in [1.82, 2.24) is 30.4 Å². The number of halogens is 5. The number of carbonyl (C=O) groups is 4. The molecule has 19 heteroatoms. The number of nitrogens with one attached hydrogen (secondary N) is 3. The maximum atomic E-state index is 14.2. The van der Waals surface area contributed by atoms with Gasteiger partial charge in [-0.3, -0.25) is 24.6 Å². The van der Waals surface area contributed by atoms with Crippen molar-refractivity contribution in [3.8, 4) is 0 Å². The van der Waals surface area contributed by atoms with E-state index in [4.69, 9.17) is 4.42 Å². The quantitative estimate of drug-likeness (QED) is 0.163. The minimum absolute atomic E-state index is 0.0493. The minimum atomic E-state index is -5.02. The van der Waals surface area contributed by atoms with Gasteiger partial charge in [0, 0.05) is 87.0 Å². The number of carbonyl (C=O) groups excluding carboxylic acids is 4. The van der Waals surface area contributed by atoms with Gasteiger partial charge in [-0.1, -0.05) is 0 Å². The lowest BCUT2D eigenvalue weighted by Crippen LogP contribution is -2.52. The lowest BCUT2D eigenvalue weighted by molar-refractivity contribution is -0.158. The Morgan fingerprint density at radius 3 is 2.38 bits per heavy atom. The fourth-order valence-electron chi connectivity index (χ4n) is 8.31. The first-order chi connectivity index (χ1) is 27.7. The molecule has 2 aromatic carbocycles. The Balaban J connectivity index is 0.794. The van der Waals surface area contributed by atoms with Crippen molar-refractivity contribution in [3.05, 3.63) is 76.8 Å². The topological polar surface area (TPSA) is 156 Å². The maximum absolute atomic E-state index is 14.2. The van der Waals surface area contributed by atoms with Gasteiger partial charge in [-0.2, -0.15) is 13.2 Å². The number of piperidine rings is 2. The van der Waals surface area contributed by atoms with Gasteiger partial charge in [0.2, 0.25) is 17.8 Å². The lowest BCUT2D eigenvalue weighted by Gasteiger charge is -2.39. The summed E-state index contributed by atoms with van der Waals surface area (Å²) in [6, 6.07) is 2.67. The zero-order valence-electron chi connectivity index (χ0n) is 31.4. The number of imide groups is 1. The van der Waals surface area contributed by atoms with Crippen LogP contribution in [0.15, 0.2) is 47.1 Å². The van der Waals surface area contributed by atoms with E-state index < -0.39 is 53.2 Å². The van der Waals surface area contributed by atoms with Crippen LogP contribution in [-0.4, -0.2) is 102 Å². The highest BCUT2D eigenvalue weighted by atomic mass is 19.4. The number of amides is 5. The summed E-state index contributed by atoms with van der Waals surface area (Å²) in [6.45, 7) is 7.32. The van der Waals surface area contributed by atoms with Gasteiger partial charge in [0.05, 0.1) is 18.1 Å². The van der Waals surface area contributed by atoms with E-state index in [0.29, 0.717) is 49.6 Å². The van der Waals surface area contributed by atoms with Crippen LogP contribution in [0.1, 0.15) is 59.0 Å². The molecule has 4 aromatic rings. The van der Waals surface area contributed by atoms with Crippen LogP contribution in [0, 0.1) is 24.5 Å². The molecule has 2 atom stereocenters. The molecule has 3 N–H and O–H groups in total. The number of alkyl halides is 3. The molecule has 58 heavy (non-hydrogen) atoms. The Bertz CT molecular complexity index is 2250. The molecule has 5 amide bonds. The molecule has 0 bridgehead atoms. The third kappa shape index (κ3) is 7.86. The SMILES string of the molecule is Cc1c([C@@H](NC(=O)Nc2cnc(N3CCC(CN4CCN(c5ccc6c(c5)CN(C5CCC(=O)NC5=O)C6=O)CC4)CC3)nc2)C(F)(F)F)oc2c(F)cc(F)cc12. The average molecular weight is 810 g/mol. The average Bonchev–Trinajstić information content (AvgIpc) is 3.69. The largest absolute Gasteiger partial charge is 0.455 e. The number of anilines is 3. The van der Waals surface area contributed by atoms with Gasteiger partial charge in [0.15, 0.2) is 17.4 Å². The summed E-state index contributed by atoms with van der Waals surface area (Å²) in [6.07, 6.45) is -0.0731. The second kappa shape index (κ2) is 15.5. The van der Waals surface area contributed by atoms with Gasteiger partial charge in [-0.05, 0) is 61.9 Å². The zero-order chi connectivity index (χ0) is 40.9. The molecule has 0 spiro atoms. The second-order valence-corrected chi connectivity index (χ2v) is 15.2. The van der Waals surface area contributed by atoms with Crippen molar-refractivity contribution >= 4 is 52.0 Å². The van der Waals surface area contributed by atoms with E-state index in [1.807, 2.05) is 28.4 Å². The van der Waals surface area contributed by atoms with E-state index in [-0.39, 0.29) is 34.9 Å². The van der Waals surface area contributed by atoms with Crippen LogP contribution < -0.4 is 25.8 Å². The molecule has 306 valence electrons. The highest BCUT2D eigenvalue weighted by molar-refractivity contribution is 6.05. The number of aromatic nitrogens is 2. The monoisotopic (exact) mass is 809 g/mol.